The van der Waals surface area contributed by atoms with Crippen LogP contribution in [0.3, 0.4) is 0 Å². The Morgan fingerprint density at radius 1 is 1.11 bits per heavy atom. The van der Waals surface area contributed by atoms with Gasteiger partial charge in [0.25, 0.3) is 11.1 Å². The predicted molar refractivity (Wildman–Crippen MR) is 135 cm³/mol. The summed E-state index contributed by atoms with van der Waals surface area (Å²) in [6, 6.07) is 7.96. The molecular weight excluding hydrogens is 478 g/mol. The van der Waals surface area contributed by atoms with Crippen molar-refractivity contribution in [1.29, 1.82) is 5.26 Å². The Morgan fingerprint density at radius 2 is 1.81 bits per heavy atom. The van der Waals surface area contributed by atoms with Crippen LogP contribution in [0.5, 0.6) is 0 Å². The third-order valence-electron chi connectivity index (χ3n) is 6.02. The molecular formula is C26H33N5O4S. The van der Waals surface area contributed by atoms with Crippen LogP contribution in [0, 0.1) is 23.2 Å². The van der Waals surface area contributed by atoms with E-state index in [-0.39, 0.29) is 23.0 Å². The minimum Gasteiger partial charge on any atom is -0.415 e. The highest BCUT2D eigenvalue weighted by atomic mass is 32.2. The van der Waals surface area contributed by atoms with E-state index >= 15 is 0 Å². The van der Waals surface area contributed by atoms with Gasteiger partial charge in [0.2, 0.25) is 17.7 Å². The molecule has 0 aliphatic heterocycles. The van der Waals surface area contributed by atoms with E-state index in [2.05, 4.69) is 20.8 Å². The first-order chi connectivity index (χ1) is 17.2. The second-order valence-corrected chi connectivity index (χ2v) is 11.3. The summed E-state index contributed by atoms with van der Waals surface area (Å²) in [5, 5.41) is 23.2. The van der Waals surface area contributed by atoms with E-state index in [0.717, 1.165) is 12.8 Å². The lowest BCUT2D eigenvalue weighted by molar-refractivity contribution is -0.135. The third-order valence-corrected chi connectivity index (χ3v) is 6.86. The van der Waals surface area contributed by atoms with Crippen molar-refractivity contribution >= 4 is 29.5 Å². The molecule has 1 heterocycles. The first-order valence-electron chi connectivity index (χ1n) is 12.3. The minimum absolute atomic E-state index is 0.165. The number of nitriles is 1. The number of amides is 3. The van der Waals surface area contributed by atoms with E-state index in [1.165, 1.54) is 11.8 Å². The van der Waals surface area contributed by atoms with Crippen LogP contribution in [0.2, 0.25) is 0 Å². The van der Waals surface area contributed by atoms with Crippen LogP contribution in [-0.2, 0) is 9.59 Å². The fraction of sp³-hybridized carbons (Fsp3) is 0.538. The fourth-order valence-corrected chi connectivity index (χ4v) is 4.89. The lowest BCUT2D eigenvalue weighted by Gasteiger charge is -2.31. The number of imide groups is 1. The summed E-state index contributed by atoms with van der Waals surface area (Å²) in [5.41, 5.74) is 0.880. The molecule has 1 aliphatic rings. The number of hydrogen-bond donors (Lipinski definition) is 2. The molecule has 3 rings (SSSR count). The highest BCUT2D eigenvalue weighted by Crippen LogP contribution is 2.29. The van der Waals surface area contributed by atoms with E-state index in [9.17, 15) is 14.4 Å². The summed E-state index contributed by atoms with van der Waals surface area (Å²) in [7, 11) is 0. The van der Waals surface area contributed by atoms with Crippen LogP contribution in [0.1, 0.15) is 87.5 Å². The molecule has 1 aromatic carbocycles. The summed E-state index contributed by atoms with van der Waals surface area (Å²) in [4.78, 5) is 39.2. The van der Waals surface area contributed by atoms with Crippen molar-refractivity contribution in [3.05, 3.63) is 41.3 Å². The van der Waals surface area contributed by atoms with E-state index in [1.807, 2.05) is 33.8 Å². The lowest BCUT2D eigenvalue weighted by atomic mass is 9.83. The highest BCUT2D eigenvalue weighted by Gasteiger charge is 2.35. The van der Waals surface area contributed by atoms with Crippen LogP contribution >= 0.6 is 11.8 Å². The molecule has 3 atom stereocenters. The zero-order valence-electron chi connectivity index (χ0n) is 21.1. The normalized spacial score (nSPS) is 18.5. The molecule has 9 nitrogen and oxygen atoms in total. The van der Waals surface area contributed by atoms with Gasteiger partial charge >= 0.3 is 0 Å². The van der Waals surface area contributed by atoms with Crippen molar-refractivity contribution in [2.45, 2.75) is 82.2 Å². The first-order valence-corrected chi connectivity index (χ1v) is 13.2. The Labute approximate surface area is 215 Å². The summed E-state index contributed by atoms with van der Waals surface area (Å²) in [5.74, 6) is -2.09. The topological polar surface area (TPSA) is 138 Å². The Hall–Kier alpha value is -3.19. The molecule has 2 N–H and O–H groups in total. The molecule has 0 spiro atoms. The van der Waals surface area contributed by atoms with Crippen LogP contribution in [0.25, 0.3) is 0 Å². The van der Waals surface area contributed by atoms with Crippen LogP contribution < -0.4 is 10.6 Å². The molecule has 36 heavy (non-hydrogen) atoms. The second kappa shape index (κ2) is 12.7. The number of nitrogens with one attached hydrogen (secondary N) is 2. The van der Waals surface area contributed by atoms with Gasteiger partial charge in [-0.25, -0.2) is 0 Å². The maximum absolute atomic E-state index is 13.2. The van der Waals surface area contributed by atoms with E-state index < -0.39 is 29.7 Å². The predicted octanol–water partition coefficient (Wildman–Crippen LogP) is 4.20. The van der Waals surface area contributed by atoms with Gasteiger partial charge < -0.3 is 9.73 Å². The average Bonchev–Trinajstić information content (AvgIpc) is 3.30. The van der Waals surface area contributed by atoms with E-state index in [4.69, 9.17) is 9.68 Å². The largest absolute Gasteiger partial charge is 0.415 e. The zero-order chi connectivity index (χ0) is 26.2. The van der Waals surface area contributed by atoms with Crippen LogP contribution in [-0.4, -0.2) is 39.2 Å². The number of carbonyl (C=O) groups is 3. The summed E-state index contributed by atoms with van der Waals surface area (Å²) >= 11 is 1.41. The number of benzene rings is 1. The smallest absolute Gasteiger partial charge is 0.276 e. The van der Waals surface area contributed by atoms with Crippen molar-refractivity contribution in [3.8, 4) is 6.07 Å². The second-order valence-electron chi connectivity index (χ2n) is 9.77. The zero-order valence-corrected chi connectivity index (χ0v) is 21.9. The number of rotatable bonds is 9. The standard InChI is InChI=1S/C26H33N5O4S/c1-15(2)13-20(25-30-31-26(35-25)36-16(3)4)24(34)29-23(33)19-7-5-6-8-21(19)28-22(32)18-11-9-17(14-27)10-12-18/h9-12,15-16,19-21H,5-8,13H2,1-4H3,(H,28,32)(H,29,33,34)/t19-,20-,21+/m1/s1. The molecule has 1 fully saturated rings. The molecule has 0 unspecified atom stereocenters. The molecule has 1 aromatic heterocycles. The van der Waals surface area contributed by atoms with Crippen molar-refractivity contribution in [2.75, 3.05) is 0 Å². The quantitative estimate of drug-likeness (QED) is 0.478. The molecule has 2 aromatic rings. The number of aromatic nitrogens is 2. The van der Waals surface area contributed by atoms with Crippen molar-refractivity contribution in [1.82, 2.24) is 20.8 Å². The molecule has 0 radical (unpaired) electrons. The Bertz CT molecular complexity index is 1110. The third kappa shape index (κ3) is 7.40. The molecule has 1 saturated carbocycles. The molecule has 10 heteroatoms. The number of carbonyl (C=O) groups excluding carboxylic acids is 3. The van der Waals surface area contributed by atoms with E-state index in [0.29, 0.717) is 35.6 Å². The van der Waals surface area contributed by atoms with Crippen molar-refractivity contribution in [2.24, 2.45) is 11.8 Å². The Morgan fingerprint density at radius 3 is 2.44 bits per heavy atom. The van der Waals surface area contributed by atoms with Gasteiger partial charge in [0, 0.05) is 16.9 Å². The van der Waals surface area contributed by atoms with Gasteiger partial charge in [-0.1, -0.05) is 52.3 Å². The summed E-state index contributed by atoms with van der Waals surface area (Å²) in [6.07, 6.45) is 3.39. The number of thioether (sulfide) groups is 1. The van der Waals surface area contributed by atoms with Gasteiger partial charge in [0.05, 0.1) is 17.6 Å². The van der Waals surface area contributed by atoms with Gasteiger partial charge in [-0.05, 0) is 49.4 Å². The van der Waals surface area contributed by atoms with Gasteiger partial charge in [-0.15, -0.1) is 10.2 Å². The van der Waals surface area contributed by atoms with Gasteiger partial charge in [-0.2, -0.15) is 5.26 Å². The maximum atomic E-state index is 13.2. The SMILES string of the molecule is CC(C)C[C@H](C(=O)NC(=O)[C@@H]1CCCC[C@@H]1NC(=O)c1ccc(C#N)cc1)c1nnc(SC(C)C)o1. The minimum atomic E-state index is -0.738. The number of nitrogens with zero attached hydrogens (tertiary/aromatic N) is 3. The van der Waals surface area contributed by atoms with Gasteiger partial charge in [0.15, 0.2) is 0 Å². The first kappa shape index (κ1) is 27.4. The van der Waals surface area contributed by atoms with Gasteiger partial charge in [-0.3, -0.25) is 19.7 Å². The van der Waals surface area contributed by atoms with Crippen molar-refractivity contribution in [3.63, 3.8) is 0 Å². The van der Waals surface area contributed by atoms with Crippen LogP contribution in [0.4, 0.5) is 0 Å². The molecule has 0 bridgehead atoms. The average molecular weight is 512 g/mol. The van der Waals surface area contributed by atoms with Crippen molar-refractivity contribution < 1.29 is 18.8 Å². The van der Waals surface area contributed by atoms with Crippen LogP contribution in [0.15, 0.2) is 33.9 Å². The fourth-order valence-electron chi connectivity index (χ4n) is 4.27. The number of hydrogen-bond acceptors (Lipinski definition) is 8. The van der Waals surface area contributed by atoms with E-state index in [1.54, 1.807) is 24.3 Å². The Balaban J connectivity index is 1.69. The summed E-state index contributed by atoms with van der Waals surface area (Å²) in [6.45, 7) is 7.98. The summed E-state index contributed by atoms with van der Waals surface area (Å²) < 4.78 is 5.74. The lowest BCUT2D eigenvalue weighted by Crippen LogP contribution is -2.50. The molecule has 1 aliphatic carbocycles. The Kier molecular flexibility index (Phi) is 9.65. The molecule has 192 valence electrons. The molecule has 3 amide bonds. The highest BCUT2D eigenvalue weighted by molar-refractivity contribution is 7.99. The maximum Gasteiger partial charge on any atom is 0.276 e. The van der Waals surface area contributed by atoms with Gasteiger partial charge in [0.1, 0.15) is 5.92 Å². The molecule has 0 saturated heterocycles. The monoisotopic (exact) mass is 511 g/mol.